The fourth-order valence-corrected chi connectivity index (χ4v) is 2.28. The van der Waals surface area contributed by atoms with Crippen molar-refractivity contribution in [3.05, 3.63) is 0 Å². The predicted molar refractivity (Wildman–Crippen MR) is 51.6 cm³/mol. The number of amides is 1. The lowest BCUT2D eigenvalue weighted by Crippen LogP contribution is -2.35. The Hall–Kier alpha value is -0.640. The van der Waals surface area contributed by atoms with E-state index in [9.17, 15) is 9.18 Å². The monoisotopic (exact) mass is 200 g/mol. The van der Waals surface area contributed by atoms with Crippen LogP contribution in [0.1, 0.15) is 12.8 Å². The number of hydrogen-bond acceptors (Lipinski definition) is 2. The maximum Gasteiger partial charge on any atom is 0.227 e. The lowest BCUT2D eigenvalue weighted by molar-refractivity contribution is -0.133. The molecule has 0 bridgehead atoms. The highest BCUT2D eigenvalue weighted by molar-refractivity contribution is 5.79. The van der Waals surface area contributed by atoms with Gasteiger partial charge in [0.2, 0.25) is 5.91 Å². The van der Waals surface area contributed by atoms with Crippen LogP contribution in [0.15, 0.2) is 0 Å². The summed E-state index contributed by atoms with van der Waals surface area (Å²) in [7, 11) is 0. The van der Waals surface area contributed by atoms with Gasteiger partial charge < -0.3 is 10.2 Å². The first-order valence-corrected chi connectivity index (χ1v) is 5.36. The van der Waals surface area contributed by atoms with Gasteiger partial charge in [-0.2, -0.15) is 0 Å². The average Bonchev–Trinajstić information content (AvgIpc) is 2.88. The average molecular weight is 200 g/mol. The first-order chi connectivity index (χ1) is 6.81. The molecule has 2 fully saturated rings. The molecule has 0 aromatic heterocycles. The van der Waals surface area contributed by atoms with Crippen LogP contribution >= 0.6 is 0 Å². The van der Waals surface area contributed by atoms with Crippen LogP contribution < -0.4 is 5.32 Å². The van der Waals surface area contributed by atoms with Gasteiger partial charge in [0.25, 0.3) is 0 Å². The van der Waals surface area contributed by atoms with Crippen molar-refractivity contribution >= 4 is 5.91 Å². The van der Waals surface area contributed by atoms with Gasteiger partial charge in [-0.25, -0.2) is 0 Å². The molecule has 2 saturated heterocycles. The van der Waals surface area contributed by atoms with E-state index in [1.807, 2.05) is 4.90 Å². The van der Waals surface area contributed by atoms with Crippen LogP contribution in [0.3, 0.4) is 0 Å². The number of hydrogen-bond donors (Lipinski definition) is 1. The van der Waals surface area contributed by atoms with Crippen molar-refractivity contribution in [3.8, 4) is 0 Å². The number of rotatable bonds is 2. The highest BCUT2D eigenvalue weighted by atomic mass is 19.1. The Bertz CT molecular complexity index is 216. The molecule has 14 heavy (non-hydrogen) atoms. The molecule has 0 aromatic carbocycles. The smallest absolute Gasteiger partial charge is 0.227 e. The molecule has 0 saturated carbocycles. The first kappa shape index (κ1) is 9.90. The summed E-state index contributed by atoms with van der Waals surface area (Å²) < 4.78 is 12.4. The lowest BCUT2D eigenvalue weighted by atomic mass is 10.1. The van der Waals surface area contributed by atoms with Gasteiger partial charge in [-0.15, -0.1) is 0 Å². The second kappa shape index (κ2) is 4.26. The van der Waals surface area contributed by atoms with Crippen LogP contribution in [0.4, 0.5) is 4.39 Å². The van der Waals surface area contributed by atoms with Crippen LogP contribution in [0.2, 0.25) is 0 Å². The number of carbonyl (C=O) groups is 1. The molecule has 2 heterocycles. The molecule has 2 aliphatic heterocycles. The molecule has 3 nitrogen and oxygen atoms in total. The van der Waals surface area contributed by atoms with Crippen molar-refractivity contribution in [2.75, 3.05) is 32.9 Å². The van der Waals surface area contributed by atoms with Crippen molar-refractivity contribution in [3.63, 3.8) is 0 Å². The van der Waals surface area contributed by atoms with E-state index in [-0.39, 0.29) is 24.4 Å². The molecule has 80 valence electrons. The predicted octanol–water partition coefficient (Wildman–Crippen LogP) is 0.414. The molecule has 2 aliphatic rings. The topological polar surface area (TPSA) is 32.3 Å². The Kier molecular flexibility index (Phi) is 3.01. The van der Waals surface area contributed by atoms with Gasteiger partial charge in [0.15, 0.2) is 0 Å². The summed E-state index contributed by atoms with van der Waals surface area (Å²) in [5.74, 6) is 0.465. The SMILES string of the molecule is O=C(C1CCNC1)N1CCC(CF)C1. The minimum absolute atomic E-state index is 0.0910. The van der Waals surface area contributed by atoms with Gasteiger partial charge in [0, 0.05) is 25.6 Å². The number of likely N-dealkylation sites (tertiary alicyclic amines) is 1. The second-order valence-electron chi connectivity index (χ2n) is 4.28. The molecule has 1 amide bonds. The van der Waals surface area contributed by atoms with E-state index in [2.05, 4.69) is 5.32 Å². The Morgan fingerprint density at radius 3 is 2.93 bits per heavy atom. The second-order valence-corrected chi connectivity index (χ2v) is 4.28. The third-order valence-electron chi connectivity index (χ3n) is 3.23. The van der Waals surface area contributed by atoms with Gasteiger partial charge in [-0.1, -0.05) is 0 Å². The van der Waals surface area contributed by atoms with Crippen LogP contribution in [0, 0.1) is 11.8 Å². The van der Waals surface area contributed by atoms with Crippen LogP contribution in [0.25, 0.3) is 0 Å². The first-order valence-electron chi connectivity index (χ1n) is 5.36. The Labute approximate surface area is 83.6 Å². The Balaban J connectivity index is 1.86. The minimum Gasteiger partial charge on any atom is -0.342 e. The van der Waals surface area contributed by atoms with Crippen molar-refractivity contribution in [2.45, 2.75) is 12.8 Å². The molecule has 0 aromatic rings. The van der Waals surface area contributed by atoms with Gasteiger partial charge in [0.1, 0.15) is 0 Å². The van der Waals surface area contributed by atoms with Crippen molar-refractivity contribution in [2.24, 2.45) is 11.8 Å². The van der Waals surface area contributed by atoms with Crippen molar-refractivity contribution < 1.29 is 9.18 Å². The molecule has 0 spiro atoms. The standard InChI is InChI=1S/C10H17FN2O/c11-5-8-2-4-13(7-8)10(14)9-1-3-12-6-9/h8-9,12H,1-7H2. The van der Waals surface area contributed by atoms with E-state index in [1.165, 1.54) is 0 Å². The number of nitrogens with one attached hydrogen (secondary N) is 1. The van der Waals surface area contributed by atoms with Crippen molar-refractivity contribution in [1.29, 1.82) is 0 Å². The third kappa shape index (κ3) is 1.90. The summed E-state index contributed by atoms with van der Waals surface area (Å²) in [4.78, 5) is 13.7. The normalized spacial score (nSPS) is 32.5. The zero-order chi connectivity index (χ0) is 9.97. The van der Waals surface area contributed by atoms with Crippen LogP contribution in [0.5, 0.6) is 0 Å². The van der Waals surface area contributed by atoms with E-state index < -0.39 is 0 Å². The third-order valence-corrected chi connectivity index (χ3v) is 3.23. The Morgan fingerprint density at radius 1 is 1.50 bits per heavy atom. The van der Waals surface area contributed by atoms with Gasteiger partial charge in [-0.05, 0) is 19.4 Å². The highest BCUT2D eigenvalue weighted by Gasteiger charge is 2.31. The zero-order valence-corrected chi connectivity index (χ0v) is 8.34. The summed E-state index contributed by atoms with van der Waals surface area (Å²) in [6, 6.07) is 0. The number of nitrogens with zero attached hydrogens (tertiary/aromatic N) is 1. The largest absolute Gasteiger partial charge is 0.342 e. The van der Waals surface area contributed by atoms with Crippen LogP contribution in [-0.4, -0.2) is 43.7 Å². The Morgan fingerprint density at radius 2 is 2.36 bits per heavy atom. The molecule has 0 radical (unpaired) electrons. The molecular weight excluding hydrogens is 183 g/mol. The summed E-state index contributed by atoms with van der Waals surface area (Å²) >= 11 is 0. The maximum absolute atomic E-state index is 12.4. The lowest BCUT2D eigenvalue weighted by Gasteiger charge is -2.19. The summed E-state index contributed by atoms with van der Waals surface area (Å²) in [5.41, 5.74) is 0. The summed E-state index contributed by atoms with van der Waals surface area (Å²) in [6.07, 6.45) is 1.78. The quantitative estimate of drug-likeness (QED) is 0.700. The van der Waals surface area contributed by atoms with E-state index in [1.54, 1.807) is 0 Å². The molecule has 2 atom stereocenters. The molecule has 2 unspecified atom stereocenters. The maximum atomic E-state index is 12.4. The number of alkyl halides is 1. The highest BCUT2D eigenvalue weighted by Crippen LogP contribution is 2.20. The summed E-state index contributed by atoms with van der Waals surface area (Å²) in [5, 5.41) is 3.18. The zero-order valence-electron chi connectivity index (χ0n) is 8.34. The van der Waals surface area contributed by atoms with E-state index in [4.69, 9.17) is 0 Å². The minimum atomic E-state index is -0.285. The number of halogens is 1. The van der Waals surface area contributed by atoms with E-state index in [0.29, 0.717) is 6.54 Å². The number of carbonyl (C=O) groups excluding carboxylic acids is 1. The van der Waals surface area contributed by atoms with Crippen molar-refractivity contribution in [1.82, 2.24) is 10.2 Å². The van der Waals surface area contributed by atoms with Crippen LogP contribution in [-0.2, 0) is 4.79 Å². The van der Waals surface area contributed by atoms with Gasteiger partial charge >= 0.3 is 0 Å². The van der Waals surface area contributed by atoms with E-state index in [0.717, 1.165) is 32.5 Å². The molecular formula is C10H17FN2O. The van der Waals surface area contributed by atoms with Gasteiger partial charge in [-0.3, -0.25) is 9.18 Å². The fraction of sp³-hybridized carbons (Fsp3) is 0.900. The molecule has 0 aliphatic carbocycles. The molecule has 2 rings (SSSR count). The fourth-order valence-electron chi connectivity index (χ4n) is 2.28. The van der Waals surface area contributed by atoms with E-state index >= 15 is 0 Å². The van der Waals surface area contributed by atoms with Gasteiger partial charge in [0.05, 0.1) is 12.6 Å². The molecule has 1 N–H and O–H groups in total. The summed E-state index contributed by atoms with van der Waals surface area (Å²) in [6.45, 7) is 2.84. The molecule has 4 heteroatoms.